The quantitative estimate of drug-likeness (QED) is 0.301. The molecule has 14 heteroatoms. The Hall–Kier alpha value is -3.32. The highest BCUT2D eigenvalue weighted by Crippen LogP contribution is 2.37. The lowest BCUT2D eigenvalue weighted by Crippen LogP contribution is -2.54. The smallest absolute Gasteiger partial charge is 0.416 e. The summed E-state index contributed by atoms with van der Waals surface area (Å²) in [4.78, 5) is 40.4. The first-order valence-corrected chi connectivity index (χ1v) is 12.7. The van der Waals surface area contributed by atoms with Gasteiger partial charge in [-0.1, -0.05) is 23.7 Å². The van der Waals surface area contributed by atoms with Crippen molar-refractivity contribution in [1.29, 1.82) is 0 Å². The Morgan fingerprint density at radius 1 is 0.902 bits per heavy atom. The topological polar surface area (TPSA) is 76.2 Å². The number of likely N-dealkylation sites (tertiary alicyclic amines) is 1. The monoisotopic (exact) mass is 608 g/mol. The molecule has 1 saturated heterocycles. The van der Waals surface area contributed by atoms with Crippen LogP contribution in [0.1, 0.15) is 39.9 Å². The van der Waals surface area contributed by atoms with Gasteiger partial charge in [-0.05, 0) is 55.2 Å². The second-order valence-electron chi connectivity index (χ2n) is 9.51. The van der Waals surface area contributed by atoms with Gasteiger partial charge in [0.05, 0.1) is 38.4 Å². The first-order valence-electron chi connectivity index (χ1n) is 12.3. The lowest BCUT2D eigenvalue weighted by Gasteiger charge is -2.43. The van der Waals surface area contributed by atoms with E-state index in [4.69, 9.17) is 21.1 Å². The van der Waals surface area contributed by atoms with Crippen LogP contribution in [0.15, 0.2) is 42.5 Å². The minimum absolute atomic E-state index is 0.0360. The van der Waals surface area contributed by atoms with Crippen molar-refractivity contribution in [2.45, 2.75) is 43.7 Å². The molecule has 0 unspecified atom stereocenters. The predicted molar refractivity (Wildman–Crippen MR) is 135 cm³/mol. The third-order valence-electron chi connectivity index (χ3n) is 6.80. The summed E-state index contributed by atoms with van der Waals surface area (Å²) >= 11 is 5.96. The number of nitrogens with zero attached hydrogens (tertiary/aromatic N) is 2. The van der Waals surface area contributed by atoms with Crippen LogP contribution in [0.25, 0.3) is 0 Å². The third-order valence-corrected chi connectivity index (χ3v) is 7.06. The Kier molecular flexibility index (Phi) is 10.3. The second-order valence-corrected chi connectivity index (χ2v) is 9.95. The molecule has 0 aromatic heterocycles. The Balaban J connectivity index is 2.00. The number of halogens is 7. The van der Waals surface area contributed by atoms with Crippen molar-refractivity contribution in [2.75, 3.05) is 33.9 Å². The Labute approximate surface area is 236 Å². The normalized spacial score (nSPS) is 17.9. The van der Waals surface area contributed by atoms with E-state index in [1.807, 2.05) is 0 Å². The molecule has 0 bridgehead atoms. The molecule has 1 fully saturated rings. The average Bonchev–Trinajstić information content (AvgIpc) is 2.92. The van der Waals surface area contributed by atoms with Gasteiger partial charge in [0.25, 0.3) is 5.91 Å². The van der Waals surface area contributed by atoms with Gasteiger partial charge in [-0.15, -0.1) is 0 Å². The Bertz CT molecular complexity index is 1200. The number of rotatable bonds is 8. The molecule has 0 saturated carbocycles. The van der Waals surface area contributed by atoms with Gasteiger partial charge in [-0.25, -0.2) is 0 Å². The van der Waals surface area contributed by atoms with Crippen molar-refractivity contribution in [3.8, 4) is 0 Å². The lowest BCUT2D eigenvalue weighted by molar-refractivity contribution is -0.148. The molecule has 0 spiro atoms. The Morgan fingerprint density at radius 2 is 1.41 bits per heavy atom. The van der Waals surface area contributed by atoms with Gasteiger partial charge in [0, 0.05) is 29.2 Å². The Morgan fingerprint density at radius 3 is 1.88 bits per heavy atom. The van der Waals surface area contributed by atoms with Crippen LogP contribution in [0.4, 0.5) is 26.3 Å². The zero-order valence-electron chi connectivity index (χ0n) is 22.0. The summed E-state index contributed by atoms with van der Waals surface area (Å²) in [5.74, 6) is -2.28. The van der Waals surface area contributed by atoms with Gasteiger partial charge in [-0.3, -0.25) is 19.3 Å². The van der Waals surface area contributed by atoms with Crippen molar-refractivity contribution in [3.05, 3.63) is 69.7 Å². The molecule has 7 nitrogen and oxygen atoms in total. The molecule has 1 heterocycles. The second kappa shape index (κ2) is 13.1. The maximum absolute atomic E-state index is 13.5. The molecule has 224 valence electrons. The molecule has 1 amide bonds. The molecular weight excluding hydrogens is 582 g/mol. The van der Waals surface area contributed by atoms with Crippen LogP contribution in [-0.2, 0) is 37.8 Å². The van der Waals surface area contributed by atoms with E-state index in [1.165, 1.54) is 24.0 Å². The van der Waals surface area contributed by atoms with Crippen LogP contribution in [0.2, 0.25) is 5.02 Å². The number of hydrogen-bond donors (Lipinski definition) is 0. The maximum Gasteiger partial charge on any atom is 0.416 e. The van der Waals surface area contributed by atoms with Crippen molar-refractivity contribution < 1.29 is 50.2 Å². The number of ether oxygens (including phenoxy) is 2. The highest BCUT2D eigenvalue weighted by atomic mass is 35.5. The van der Waals surface area contributed by atoms with E-state index in [0.29, 0.717) is 22.7 Å². The van der Waals surface area contributed by atoms with Gasteiger partial charge in [0.2, 0.25) is 0 Å². The van der Waals surface area contributed by atoms with Crippen LogP contribution in [0.5, 0.6) is 0 Å². The zero-order chi connectivity index (χ0) is 30.5. The van der Waals surface area contributed by atoms with E-state index < -0.39 is 59.0 Å². The molecule has 41 heavy (non-hydrogen) atoms. The predicted octanol–water partition coefficient (Wildman–Crippen LogP) is 5.24. The zero-order valence-corrected chi connectivity index (χ0v) is 22.8. The number of alkyl halides is 6. The maximum atomic E-state index is 13.5. The fraction of sp³-hybridized carbons (Fsp3) is 0.444. The molecule has 3 rings (SSSR count). The summed E-state index contributed by atoms with van der Waals surface area (Å²) in [7, 11) is 2.35. The van der Waals surface area contributed by atoms with Gasteiger partial charge < -0.3 is 14.4 Å². The van der Waals surface area contributed by atoms with E-state index in [1.54, 1.807) is 24.3 Å². The van der Waals surface area contributed by atoms with E-state index in [9.17, 15) is 40.7 Å². The third kappa shape index (κ3) is 8.59. The number of piperidine rings is 1. The van der Waals surface area contributed by atoms with Gasteiger partial charge in [0.15, 0.2) is 0 Å². The largest absolute Gasteiger partial charge is 0.468 e. The number of hydrogen-bond acceptors (Lipinski definition) is 6. The highest BCUT2D eigenvalue weighted by Gasteiger charge is 2.40. The fourth-order valence-corrected chi connectivity index (χ4v) is 4.86. The van der Waals surface area contributed by atoms with Crippen LogP contribution >= 0.6 is 11.6 Å². The minimum atomic E-state index is -5.12. The molecule has 1 aliphatic rings. The van der Waals surface area contributed by atoms with E-state index in [2.05, 4.69) is 0 Å². The molecule has 2 aromatic rings. The molecule has 0 aliphatic carbocycles. The number of carbonyl (C=O) groups excluding carboxylic acids is 3. The SMILES string of the molecule is COC(=O)CN(CC(=O)OC)[C@H]1CCN(C(=O)c2cc(C(F)(F)F)cc(C(F)(F)F)c2)[C@H](Cc2ccc(Cl)cc2)C1. The summed E-state index contributed by atoms with van der Waals surface area (Å²) < 4.78 is 90.2. The molecule has 1 aliphatic heterocycles. The summed E-state index contributed by atoms with van der Waals surface area (Å²) in [6.45, 7) is -0.626. The van der Waals surface area contributed by atoms with Crippen LogP contribution in [0, 0.1) is 0 Å². The van der Waals surface area contributed by atoms with Crippen molar-refractivity contribution in [3.63, 3.8) is 0 Å². The molecule has 0 N–H and O–H groups in total. The van der Waals surface area contributed by atoms with Gasteiger partial charge in [-0.2, -0.15) is 26.3 Å². The molecule has 2 atom stereocenters. The van der Waals surface area contributed by atoms with Crippen molar-refractivity contribution in [2.24, 2.45) is 0 Å². The fourth-order valence-electron chi connectivity index (χ4n) is 4.73. The number of esters is 2. The van der Waals surface area contributed by atoms with Gasteiger partial charge >= 0.3 is 24.3 Å². The van der Waals surface area contributed by atoms with Crippen LogP contribution in [-0.4, -0.2) is 73.6 Å². The number of carbonyl (C=O) groups is 3. The average molecular weight is 609 g/mol. The van der Waals surface area contributed by atoms with E-state index in [0.717, 1.165) is 0 Å². The van der Waals surface area contributed by atoms with Crippen molar-refractivity contribution in [1.82, 2.24) is 9.80 Å². The highest BCUT2D eigenvalue weighted by molar-refractivity contribution is 6.30. The standard InChI is InChI=1S/C27H27ClF6N2O5/c1-40-23(37)14-35(15-24(38)41-2)21-7-8-36(22(13-21)9-16-3-5-20(28)6-4-16)25(39)17-10-18(26(29,30)31)12-19(11-17)27(32,33)34/h3-6,10-12,21-22H,7-9,13-15H2,1-2H3/t21-,22+/m0/s1. The number of benzene rings is 2. The van der Waals surface area contributed by atoms with E-state index >= 15 is 0 Å². The molecular formula is C27H27ClF6N2O5. The lowest BCUT2D eigenvalue weighted by atomic mass is 9.90. The molecule has 2 aromatic carbocycles. The van der Waals surface area contributed by atoms with Gasteiger partial charge in [0.1, 0.15) is 0 Å². The van der Waals surface area contributed by atoms with Crippen LogP contribution < -0.4 is 0 Å². The first kappa shape index (κ1) is 32.2. The molecule has 0 radical (unpaired) electrons. The first-order chi connectivity index (χ1) is 19.1. The summed E-state index contributed by atoms with van der Waals surface area (Å²) in [5, 5.41) is 0.439. The summed E-state index contributed by atoms with van der Waals surface area (Å²) in [6, 6.07) is 6.16. The number of methoxy groups -OCH3 is 2. The van der Waals surface area contributed by atoms with Crippen molar-refractivity contribution >= 4 is 29.4 Å². The summed E-state index contributed by atoms with van der Waals surface area (Å²) in [6.07, 6.45) is -9.74. The minimum Gasteiger partial charge on any atom is -0.468 e. The summed E-state index contributed by atoms with van der Waals surface area (Å²) in [5.41, 5.74) is -3.25. The van der Waals surface area contributed by atoms with E-state index in [-0.39, 0.29) is 45.0 Å². The van der Waals surface area contributed by atoms with Crippen LogP contribution in [0.3, 0.4) is 0 Å². The number of amides is 1.